The molecule has 1 heterocycles. The van der Waals surface area contributed by atoms with E-state index in [4.69, 9.17) is 4.74 Å². The summed E-state index contributed by atoms with van der Waals surface area (Å²) in [5, 5.41) is 3.36. The zero-order chi connectivity index (χ0) is 24.2. The van der Waals surface area contributed by atoms with Gasteiger partial charge in [0.15, 0.2) is 5.13 Å². The van der Waals surface area contributed by atoms with Crippen LogP contribution in [0, 0.1) is 6.92 Å². The van der Waals surface area contributed by atoms with Gasteiger partial charge in [-0.3, -0.25) is 4.79 Å². The number of methoxy groups -OCH3 is 1. The number of anilines is 1. The van der Waals surface area contributed by atoms with E-state index in [-0.39, 0.29) is 22.5 Å². The Morgan fingerprint density at radius 1 is 1.15 bits per heavy atom. The van der Waals surface area contributed by atoms with E-state index >= 15 is 0 Å². The molecule has 0 aliphatic heterocycles. The fourth-order valence-corrected chi connectivity index (χ4v) is 6.15. The van der Waals surface area contributed by atoms with E-state index in [9.17, 15) is 13.2 Å². The number of ether oxygens (including phenoxy) is 1. The standard InChI is InChI=1S/C24H29N3O4S2/c1-6-27(7-2)33(29,30)21-15-19(13-14-20(21)31-5)22-17(4)25-24(32-22)26-23(28)16(3)18-11-9-8-10-12-18/h8-16H,6-7H2,1-5H3,(H,25,26,28)/t16-/m0/s1. The minimum atomic E-state index is -3.72. The number of thiazole rings is 1. The highest BCUT2D eigenvalue weighted by Crippen LogP contribution is 2.37. The van der Waals surface area contributed by atoms with Crippen LogP contribution < -0.4 is 10.1 Å². The van der Waals surface area contributed by atoms with Crippen molar-refractivity contribution in [2.24, 2.45) is 0 Å². The summed E-state index contributed by atoms with van der Waals surface area (Å²) in [7, 11) is -2.26. The molecule has 7 nitrogen and oxygen atoms in total. The molecule has 0 saturated heterocycles. The van der Waals surface area contributed by atoms with E-state index in [0.29, 0.717) is 29.5 Å². The van der Waals surface area contributed by atoms with Crippen molar-refractivity contribution < 1.29 is 17.9 Å². The summed E-state index contributed by atoms with van der Waals surface area (Å²) in [6, 6.07) is 14.6. The van der Waals surface area contributed by atoms with Crippen molar-refractivity contribution in [1.82, 2.24) is 9.29 Å². The topological polar surface area (TPSA) is 88.6 Å². The molecule has 0 spiro atoms. The molecule has 1 N–H and O–H groups in total. The van der Waals surface area contributed by atoms with Gasteiger partial charge in [0.2, 0.25) is 15.9 Å². The van der Waals surface area contributed by atoms with Crippen LogP contribution in [0.4, 0.5) is 5.13 Å². The predicted molar refractivity (Wildman–Crippen MR) is 132 cm³/mol. The van der Waals surface area contributed by atoms with Gasteiger partial charge in [-0.2, -0.15) is 4.31 Å². The smallest absolute Gasteiger partial charge is 0.246 e. The van der Waals surface area contributed by atoms with Gasteiger partial charge in [-0.25, -0.2) is 13.4 Å². The first kappa shape index (κ1) is 24.9. The average Bonchev–Trinajstić information content (AvgIpc) is 3.18. The number of nitrogens with one attached hydrogen (secondary N) is 1. The van der Waals surface area contributed by atoms with Crippen LogP contribution in [0.1, 0.15) is 37.9 Å². The van der Waals surface area contributed by atoms with Crippen LogP contribution in [0.25, 0.3) is 10.4 Å². The molecule has 0 saturated carbocycles. The van der Waals surface area contributed by atoms with Gasteiger partial charge in [0, 0.05) is 13.1 Å². The molecule has 0 radical (unpaired) electrons. The second-order valence-corrected chi connectivity index (χ2v) is 10.4. The number of hydrogen-bond acceptors (Lipinski definition) is 6. The number of benzene rings is 2. The number of nitrogens with zero attached hydrogens (tertiary/aromatic N) is 2. The van der Waals surface area contributed by atoms with Crippen LogP contribution in [-0.4, -0.2) is 43.8 Å². The molecule has 176 valence electrons. The first-order valence-electron chi connectivity index (χ1n) is 10.7. The van der Waals surface area contributed by atoms with Crippen molar-refractivity contribution in [1.29, 1.82) is 0 Å². The maximum atomic E-state index is 13.2. The van der Waals surface area contributed by atoms with Crippen molar-refractivity contribution in [2.75, 3.05) is 25.5 Å². The van der Waals surface area contributed by atoms with Crippen molar-refractivity contribution >= 4 is 32.4 Å². The lowest BCUT2D eigenvalue weighted by atomic mass is 10.0. The van der Waals surface area contributed by atoms with Crippen molar-refractivity contribution in [3.05, 3.63) is 59.8 Å². The third kappa shape index (κ3) is 5.26. The summed E-state index contributed by atoms with van der Waals surface area (Å²) in [5.41, 5.74) is 2.33. The molecule has 3 aromatic rings. The van der Waals surface area contributed by atoms with Gasteiger partial charge in [-0.15, -0.1) is 0 Å². The lowest BCUT2D eigenvalue weighted by Crippen LogP contribution is -2.30. The maximum absolute atomic E-state index is 13.2. The van der Waals surface area contributed by atoms with Crippen LogP contribution in [0.3, 0.4) is 0 Å². The molecule has 0 aliphatic carbocycles. The van der Waals surface area contributed by atoms with E-state index in [1.165, 1.54) is 22.8 Å². The number of hydrogen-bond donors (Lipinski definition) is 1. The second kappa shape index (κ2) is 10.5. The van der Waals surface area contributed by atoms with E-state index in [1.807, 2.05) is 44.2 Å². The van der Waals surface area contributed by atoms with Crippen LogP contribution >= 0.6 is 11.3 Å². The van der Waals surface area contributed by atoms with Crippen molar-refractivity contribution in [2.45, 2.75) is 38.5 Å². The molecule has 1 atom stereocenters. The molecule has 0 fully saturated rings. The predicted octanol–water partition coefficient (Wildman–Crippen LogP) is 4.90. The molecule has 0 unspecified atom stereocenters. The van der Waals surface area contributed by atoms with E-state index < -0.39 is 10.0 Å². The minimum absolute atomic E-state index is 0.113. The van der Waals surface area contributed by atoms with Gasteiger partial charge in [0.1, 0.15) is 10.6 Å². The summed E-state index contributed by atoms with van der Waals surface area (Å²) in [4.78, 5) is 18.1. The second-order valence-electron chi connectivity index (χ2n) is 7.51. The zero-order valence-corrected chi connectivity index (χ0v) is 21.1. The highest BCUT2D eigenvalue weighted by Gasteiger charge is 2.27. The summed E-state index contributed by atoms with van der Waals surface area (Å²) < 4.78 is 33.1. The maximum Gasteiger partial charge on any atom is 0.246 e. The quantitative estimate of drug-likeness (QED) is 0.464. The Labute approximate surface area is 199 Å². The Balaban J connectivity index is 1.93. The molecule has 0 aliphatic rings. The van der Waals surface area contributed by atoms with Gasteiger partial charge in [-0.05, 0) is 43.2 Å². The Hall–Kier alpha value is -2.75. The normalized spacial score (nSPS) is 12.5. The average molecular weight is 488 g/mol. The van der Waals surface area contributed by atoms with E-state index in [0.717, 1.165) is 10.4 Å². The third-order valence-electron chi connectivity index (χ3n) is 5.47. The van der Waals surface area contributed by atoms with Gasteiger partial charge in [0.05, 0.1) is 23.6 Å². The van der Waals surface area contributed by atoms with Gasteiger partial charge in [0.25, 0.3) is 0 Å². The summed E-state index contributed by atoms with van der Waals surface area (Å²) in [6.07, 6.45) is 0. The van der Waals surface area contributed by atoms with Crippen LogP contribution in [-0.2, 0) is 14.8 Å². The fraction of sp³-hybridized carbons (Fsp3) is 0.333. The Kier molecular flexibility index (Phi) is 7.88. The summed E-state index contributed by atoms with van der Waals surface area (Å²) in [6.45, 7) is 8.01. The molecule has 2 aromatic carbocycles. The number of carbonyl (C=O) groups excluding carboxylic acids is 1. The van der Waals surface area contributed by atoms with E-state index in [1.54, 1.807) is 32.0 Å². The lowest BCUT2D eigenvalue weighted by Gasteiger charge is -2.20. The largest absolute Gasteiger partial charge is 0.495 e. The van der Waals surface area contributed by atoms with Crippen LogP contribution in [0.2, 0.25) is 0 Å². The van der Waals surface area contributed by atoms with Gasteiger partial charge < -0.3 is 10.1 Å². The zero-order valence-electron chi connectivity index (χ0n) is 19.5. The molecule has 9 heteroatoms. The molecular weight excluding hydrogens is 458 g/mol. The fourth-order valence-electron chi connectivity index (χ4n) is 3.55. The van der Waals surface area contributed by atoms with Crippen molar-refractivity contribution in [3.63, 3.8) is 0 Å². The first-order chi connectivity index (χ1) is 15.7. The van der Waals surface area contributed by atoms with Crippen molar-refractivity contribution in [3.8, 4) is 16.2 Å². The molecule has 3 rings (SSSR count). The molecule has 0 bridgehead atoms. The van der Waals surface area contributed by atoms with E-state index in [2.05, 4.69) is 10.3 Å². The molecular formula is C24H29N3O4S2. The van der Waals surface area contributed by atoms with Gasteiger partial charge >= 0.3 is 0 Å². The summed E-state index contributed by atoms with van der Waals surface area (Å²) in [5.74, 6) is -0.190. The SMILES string of the molecule is CCN(CC)S(=O)(=O)c1cc(-c2sc(NC(=O)[C@@H](C)c3ccccc3)nc2C)ccc1OC. The minimum Gasteiger partial charge on any atom is -0.495 e. The number of carbonyl (C=O) groups is 1. The Bertz CT molecular complexity index is 1220. The van der Waals surface area contributed by atoms with Gasteiger partial charge in [-0.1, -0.05) is 55.5 Å². The number of aryl methyl sites for hydroxylation is 1. The van der Waals surface area contributed by atoms with Crippen LogP contribution in [0.15, 0.2) is 53.4 Å². The monoisotopic (exact) mass is 487 g/mol. The highest BCUT2D eigenvalue weighted by molar-refractivity contribution is 7.89. The van der Waals surface area contributed by atoms with Crippen LogP contribution in [0.5, 0.6) is 5.75 Å². The number of aromatic nitrogens is 1. The summed E-state index contributed by atoms with van der Waals surface area (Å²) >= 11 is 1.31. The highest BCUT2D eigenvalue weighted by atomic mass is 32.2. The molecule has 1 amide bonds. The molecule has 33 heavy (non-hydrogen) atoms. The Morgan fingerprint density at radius 2 is 1.82 bits per heavy atom. The number of sulfonamides is 1. The number of amides is 1. The Morgan fingerprint density at radius 3 is 2.42 bits per heavy atom. The first-order valence-corrected chi connectivity index (χ1v) is 13.0. The lowest BCUT2D eigenvalue weighted by molar-refractivity contribution is -0.117. The third-order valence-corrected chi connectivity index (χ3v) is 8.66. The molecule has 1 aromatic heterocycles. The number of rotatable bonds is 9.